The average Bonchev–Trinajstić information content (AvgIpc) is 2.93. The number of carbonyl (C=O) groups is 2. The Hall–Kier alpha value is -2.54. The number of methoxy groups -OCH3 is 2. The molecule has 1 aromatic carbocycles. The maximum Gasteiger partial charge on any atom is 0.250 e. The second-order valence-electron chi connectivity index (χ2n) is 5.13. The molecule has 1 aromatic rings. The normalized spacial score (nSPS) is 13.8. The van der Waals surface area contributed by atoms with Gasteiger partial charge in [-0.05, 0) is 18.6 Å². The summed E-state index contributed by atoms with van der Waals surface area (Å²) < 4.78 is 10.5. The Morgan fingerprint density at radius 2 is 2.13 bits per heavy atom. The van der Waals surface area contributed by atoms with Gasteiger partial charge in [0.25, 0.3) is 0 Å². The number of amides is 2. The van der Waals surface area contributed by atoms with E-state index in [2.05, 4.69) is 0 Å². The quantitative estimate of drug-likeness (QED) is 0.583. The van der Waals surface area contributed by atoms with Crippen molar-refractivity contribution in [1.82, 2.24) is 10.4 Å². The highest BCUT2D eigenvalue weighted by molar-refractivity contribution is 5.96. The molecule has 0 aromatic heterocycles. The van der Waals surface area contributed by atoms with Crippen LogP contribution in [-0.4, -0.2) is 42.7 Å². The van der Waals surface area contributed by atoms with Gasteiger partial charge in [-0.2, -0.15) is 0 Å². The molecule has 0 fully saturated rings. The Labute approximate surface area is 134 Å². The van der Waals surface area contributed by atoms with Crippen molar-refractivity contribution in [2.75, 3.05) is 20.8 Å². The van der Waals surface area contributed by atoms with Crippen LogP contribution in [0.2, 0.25) is 0 Å². The van der Waals surface area contributed by atoms with Crippen molar-refractivity contribution in [1.29, 1.82) is 0 Å². The van der Waals surface area contributed by atoms with E-state index in [4.69, 9.17) is 14.7 Å². The zero-order valence-corrected chi connectivity index (χ0v) is 13.2. The van der Waals surface area contributed by atoms with Crippen LogP contribution in [0.25, 0.3) is 0 Å². The Bertz CT molecular complexity index is 627. The van der Waals surface area contributed by atoms with Crippen molar-refractivity contribution < 1.29 is 24.3 Å². The van der Waals surface area contributed by atoms with Gasteiger partial charge in [0, 0.05) is 36.7 Å². The molecule has 2 rings (SSSR count). The summed E-state index contributed by atoms with van der Waals surface area (Å²) in [6, 6.07) is 5.45. The number of hydrogen-bond donors (Lipinski definition) is 2. The highest BCUT2D eigenvalue weighted by Gasteiger charge is 2.25. The van der Waals surface area contributed by atoms with Crippen LogP contribution in [0.4, 0.5) is 0 Å². The second kappa shape index (κ2) is 7.64. The third-order valence-electron chi connectivity index (χ3n) is 3.72. The highest BCUT2D eigenvalue weighted by Crippen LogP contribution is 2.27. The molecule has 2 N–H and O–H groups in total. The smallest absolute Gasteiger partial charge is 0.250 e. The van der Waals surface area contributed by atoms with Crippen LogP contribution >= 0.6 is 0 Å². The highest BCUT2D eigenvalue weighted by atomic mass is 16.5. The molecular formula is C16H20N2O5. The van der Waals surface area contributed by atoms with Crippen LogP contribution in [-0.2, 0) is 16.1 Å². The summed E-state index contributed by atoms with van der Waals surface area (Å²) in [4.78, 5) is 25.1. The van der Waals surface area contributed by atoms with E-state index in [1.807, 2.05) is 18.2 Å². The van der Waals surface area contributed by atoms with Crippen LogP contribution in [0.15, 0.2) is 29.8 Å². The molecule has 0 saturated heterocycles. The molecule has 23 heavy (non-hydrogen) atoms. The number of benzene rings is 1. The fourth-order valence-corrected chi connectivity index (χ4v) is 2.43. The molecule has 0 spiro atoms. The summed E-state index contributed by atoms with van der Waals surface area (Å²) in [6.45, 7) is 0.905. The van der Waals surface area contributed by atoms with Gasteiger partial charge in [0.15, 0.2) is 0 Å². The van der Waals surface area contributed by atoms with E-state index in [1.54, 1.807) is 30.7 Å². The van der Waals surface area contributed by atoms with Gasteiger partial charge in [0.05, 0.1) is 14.2 Å². The SMILES string of the molecule is COc1ccc(CN2CC=C(CCC(=O)NO)C2=O)c(OC)c1. The molecule has 0 aliphatic carbocycles. The van der Waals surface area contributed by atoms with Crippen LogP contribution in [0, 0.1) is 0 Å². The zero-order chi connectivity index (χ0) is 16.8. The number of carbonyl (C=O) groups excluding carboxylic acids is 2. The molecule has 7 heteroatoms. The van der Waals surface area contributed by atoms with Crippen molar-refractivity contribution in [3.63, 3.8) is 0 Å². The van der Waals surface area contributed by atoms with Crippen molar-refractivity contribution in [2.24, 2.45) is 0 Å². The molecule has 0 saturated carbocycles. The number of hydroxylamine groups is 1. The maximum atomic E-state index is 12.3. The second-order valence-corrected chi connectivity index (χ2v) is 5.13. The first-order chi connectivity index (χ1) is 11.1. The molecule has 124 valence electrons. The third kappa shape index (κ3) is 4.01. The summed E-state index contributed by atoms with van der Waals surface area (Å²) in [6.07, 6.45) is 2.19. The van der Waals surface area contributed by atoms with E-state index in [9.17, 15) is 9.59 Å². The minimum atomic E-state index is -0.506. The van der Waals surface area contributed by atoms with Gasteiger partial charge in [-0.1, -0.05) is 6.08 Å². The number of nitrogens with zero attached hydrogens (tertiary/aromatic N) is 1. The molecule has 0 unspecified atom stereocenters. The van der Waals surface area contributed by atoms with Crippen molar-refractivity contribution >= 4 is 11.8 Å². The van der Waals surface area contributed by atoms with Gasteiger partial charge in [-0.25, -0.2) is 5.48 Å². The summed E-state index contributed by atoms with van der Waals surface area (Å²) in [5, 5.41) is 8.48. The number of nitrogens with one attached hydrogen (secondary N) is 1. The van der Waals surface area contributed by atoms with Crippen LogP contribution in [0.1, 0.15) is 18.4 Å². The molecule has 0 atom stereocenters. The van der Waals surface area contributed by atoms with Crippen molar-refractivity contribution in [3.05, 3.63) is 35.4 Å². The molecule has 1 heterocycles. The van der Waals surface area contributed by atoms with Crippen molar-refractivity contribution in [2.45, 2.75) is 19.4 Å². The lowest BCUT2D eigenvalue weighted by atomic mass is 10.1. The number of ether oxygens (including phenoxy) is 2. The first-order valence-corrected chi connectivity index (χ1v) is 7.21. The average molecular weight is 320 g/mol. The minimum Gasteiger partial charge on any atom is -0.497 e. The topological polar surface area (TPSA) is 88.1 Å². The van der Waals surface area contributed by atoms with E-state index in [0.29, 0.717) is 36.6 Å². The zero-order valence-electron chi connectivity index (χ0n) is 13.2. The van der Waals surface area contributed by atoms with Crippen LogP contribution < -0.4 is 15.0 Å². The lowest BCUT2D eigenvalue weighted by Crippen LogP contribution is -2.27. The summed E-state index contributed by atoms with van der Waals surface area (Å²) in [7, 11) is 3.15. The van der Waals surface area contributed by atoms with E-state index < -0.39 is 5.91 Å². The van der Waals surface area contributed by atoms with Crippen molar-refractivity contribution in [3.8, 4) is 11.5 Å². The standard InChI is InChI=1S/C16H20N2O5/c1-22-13-5-3-12(14(9-13)23-2)10-18-8-7-11(16(18)20)4-6-15(19)17-21/h3,5,7,9,21H,4,6,8,10H2,1-2H3,(H,17,19). The Morgan fingerprint density at radius 1 is 1.35 bits per heavy atom. The molecule has 0 radical (unpaired) electrons. The summed E-state index contributed by atoms with van der Waals surface area (Å²) in [5.74, 6) is 0.736. The molecule has 1 aliphatic heterocycles. The minimum absolute atomic E-state index is 0.0772. The lowest BCUT2D eigenvalue weighted by molar-refractivity contribution is -0.129. The van der Waals surface area contributed by atoms with Gasteiger partial charge >= 0.3 is 0 Å². The first kappa shape index (κ1) is 16.8. The number of hydrogen-bond acceptors (Lipinski definition) is 5. The Morgan fingerprint density at radius 3 is 2.78 bits per heavy atom. The Balaban J connectivity index is 2.00. The predicted molar refractivity (Wildman–Crippen MR) is 82.2 cm³/mol. The summed E-state index contributed by atoms with van der Waals surface area (Å²) in [5.41, 5.74) is 3.02. The molecule has 2 amide bonds. The fraction of sp³-hybridized carbons (Fsp3) is 0.375. The van der Waals surface area contributed by atoms with E-state index in [0.717, 1.165) is 5.56 Å². The monoisotopic (exact) mass is 320 g/mol. The summed E-state index contributed by atoms with van der Waals surface area (Å²) >= 11 is 0. The van der Waals surface area contributed by atoms with Crippen LogP contribution in [0.5, 0.6) is 11.5 Å². The van der Waals surface area contributed by atoms with E-state index >= 15 is 0 Å². The first-order valence-electron chi connectivity index (χ1n) is 7.21. The fourth-order valence-electron chi connectivity index (χ4n) is 2.43. The molecule has 7 nitrogen and oxygen atoms in total. The Kier molecular flexibility index (Phi) is 5.59. The molecule has 1 aliphatic rings. The van der Waals surface area contributed by atoms with E-state index in [-0.39, 0.29) is 12.3 Å². The van der Waals surface area contributed by atoms with Gasteiger partial charge in [0.1, 0.15) is 11.5 Å². The van der Waals surface area contributed by atoms with Gasteiger partial charge in [-0.15, -0.1) is 0 Å². The van der Waals surface area contributed by atoms with E-state index in [1.165, 1.54) is 0 Å². The van der Waals surface area contributed by atoms with Gasteiger partial charge in [0.2, 0.25) is 11.8 Å². The van der Waals surface area contributed by atoms with Crippen LogP contribution in [0.3, 0.4) is 0 Å². The largest absolute Gasteiger partial charge is 0.497 e. The van der Waals surface area contributed by atoms with Gasteiger partial charge in [-0.3, -0.25) is 14.8 Å². The lowest BCUT2D eigenvalue weighted by Gasteiger charge is -2.19. The predicted octanol–water partition coefficient (Wildman–Crippen LogP) is 1.26. The van der Waals surface area contributed by atoms with Gasteiger partial charge < -0.3 is 14.4 Å². The molecule has 0 bridgehead atoms. The maximum absolute atomic E-state index is 12.3. The third-order valence-corrected chi connectivity index (χ3v) is 3.72. The number of rotatable bonds is 7. The molecular weight excluding hydrogens is 300 g/mol.